The van der Waals surface area contributed by atoms with Crippen molar-refractivity contribution in [1.82, 2.24) is 20.4 Å². The Bertz CT molecular complexity index is 512. The van der Waals surface area contributed by atoms with Crippen LogP contribution in [0.15, 0.2) is 18.2 Å². The number of hydrogen-bond acceptors (Lipinski definition) is 2. The molecule has 4 amide bonds. The molecular formula is C15H24N4O2. The second kappa shape index (κ2) is 7.52. The van der Waals surface area contributed by atoms with Crippen LogP contribution >= 0.6 is 0 Å². The van der Waals surface area contributed by atoms with Gasteiger partial charge >= 0.3 is 12.1 Å². The first-order valence-electron chi connectivity index (χ1n) is 6.80. The Morgan fingerprint density at radius 3 is 1.95 bits per heavy atom. The zero-order valence-corrected chi connectivity index (χ0v) is 13.4. The minimum atomic E-state index is -0.116. The molecule has 0 bridgehead atoms. The second-order valence-corrected chi connectivity index (χ2v) is 5.37. The van der Waals surface area contributed by atoms with Gasteiger partial charge in [-0.2, -0.15) is 0 Å². The quantitative estimate of drug-likeness (QED) is 0.884. The van der Waals surface area contributed by atoms with Crippen molar-refractivity contribution in [3.05, 3.63) is 34.9 Å². The van der Waals surface area contributed by atoms with E-state index in [0.29, 0.717) is 13.1 Å². The smallest absolute Gasteiger partial charge is 0.317 e. The molecule has 21 heavy (non-hydrogen) atoms. The zero-order valence-electron chi connectivity index (χ0n) is 13.4. The predicted octanol–water partition coefficient (Wildman–Crippen LogP) is 1.54. The fourth-order valence-corrected chi connectivity index (χ4v) is 1.73. The van der Waals surface area contributed by atoms with Crippen molar-refractivity contribution in [3.63, 3.8) is 0 Å². The highest BCUT2D eigenvalue weighted by Gasteiger charge is 2.06. The maximum atomic E-state index is 11.5. The molecule has 1 rings (SSSR count). The van der Waals surface area contributed by atoms with Gasteiger partial charge in [0, 0.05) is 41.3 Å². The average molecular weight is 292 g/mol. The lowest BCUT2D eigenvalue weighted by atomic mass is 10.1. The molecule has 0 radical (unpaired) electrons. The van der Waals surface area contributed by atoms with Crippen LogP contribution in [0.25, 0.3) is 0 Å². The highest BCUT2D eigenvalue weighted by Crippen LogP contribution is 2.11. The van der Waals surface area contributed by atoms with E-state index in [-0.39, 0.29) is 12.1 Å². The Morgan fingerprint density at radius 1 is 0.952 bits per heavy atom. The van der Waals surface area contributed by atoms with Gasteiger partial charge in [0.1, 0.15) is 0 Å². The van der Waals surface area contributed by atoms with Gasteiger partial charge in [-0.3, -0.25) is 0 Å². The van der Waals surface area contributed by atoms with Crippen molar-refractivity contribution in [1.29, 1.82) is 0 Å². The third-order valence-corrected chi connectivity index (χ3v) is 3.09. The number of hydrogen-bond donors (Lipinski definition) is 2. The van der Waals surface area contributed by atoms with E-state index in [1.807, 2.05) is 25.1 Å². The summed E-state index contributed by atoms with van der Waals surface area (Å²) in [7, 11) is 6.83. The first kappa shape index (κ1) is 16.8. The molecule has 0 aliphatic heterocycles. The highest BCUT2D eigenvalue weighted by molar-refractivity contribution is 5.74. The summed E-state index contributed by atoms with van der Waals surface area (Å²) in [6.45, 7) is 2.98. The highest BCUT2D eigenvalue weighted by atomic mass is 16.2. The Labute approximate surface area is 126 Å². The minimum Gasteiger partial charge on any atom is -0.334 e. The molecule has 0 aliphatic rings. The van der Waals surface area contributed by atoms with E-state index < -0.39 is 0 Å². The molecule has 1 aromatic carbocycles. The standard InChI is InChI=1S/C15H24N4O2/c1-11-8-12(9-16-14(20)18(2)3)6-7-13(11)10-17-15(21)19(4)5/h6-8H,9-10H2,1-5H3,(H,16,20)(H,17,21). The van der Waals surface area contributed by atoms with Crippen molar-refractivity contribution in [3.8, 4) is 0 Å². The molecule has 0 unspecified atom stereocenters. The van der Waals surface area contributed by atoms with Crippen molar-refractivity contribution in [2.75, 3.05) is 28.2 Å². The average Bonchev–Trinajstić information content (AvgIpc) is 2.42. The first-order valence-corrected chi connectivity index (χ1v) is 6.80. The monoisotopic (exact) mass is 292 g/mol. The van der Waals surface area contributed by atoms with Crippen LogP contribution in [-0.4, -0.2) is 50.1 Å². The second-order valence-electron chi connectivity index (χ2n) is 5.37. The van der Waals surface area contributed by atoms with Crippen molar-refractivity contribution in [2.45, 2.75) is 20.0 Å². The van der Waals surface area contributed by atoms with Crippen LogP contribution in [0.1, 0.15) is 16.7 Å². The number of aryl methyl sites for hydroxylation is 1. The maximum absolute atomic E-state index is 11.5. The molecule has 0 saturated carbocycles. The van der Waals surface area contributed by atoms with Crippen molar-refractivity contribution in [2.24, 2.45) is 0 Å². The first-order chi connectivity index (χ1) is 9.81. The summed E-state index contributed by atoms with van der Waals surface area (Å²) in [4.78, 5) is 26.0. The SMILES string of the molecule is Cc1cc(CNC(=O)N(C)C)ccc1CNC(=O)N(C)C. The molecular weight excluding hydrogens is 268 g/mol. The van der Waals surface area contributed by atoms with E-state index in [1.165, 1.54) is 9.80 Å². The molecule has 0 spiro atoms. The molecule has 0 fully saturated rings. The molecule has 6 nitrogen and oxygen atoms in total. The summed E-state index contributed by atoms with van der Waals surface area (Å²) in [5.41, 5.74) is 3.18. The molecule has 0 aliphatic carbocycles. The van der Waals surface area contributed by atoms with Gasteiger partial charge in [0.2, 0.25) is 0 Å². The lowest BCUT2D eigenvalue weighted by molar-refractivity contribution is 0.216. The number of nitrogens with one attached hydrogen (secondary N) is 2. The van der Waals surface area contributed by atoms with E-state index in [0.717, 1.165) is 16.7 Å². The van der Waals surface area contributed by atoms with Gasteiger partial charge in [0.25, 0.3) is 0 Å². The van der Waals surface area contributed by atoms with Crippen molar-refractivity contribution < 1.29 is 9.59 Å². The van der Waals surface area contributed by atoms with Gasteiger partial charge in [-0.15, -0.1) is 0 Å². The van der Waals surface area contributed by atoms with E-state index in [1.54, 1.807) is 28.2 Å². The van der Waals surface area contributed by atoms with Crippen LogP contribution in [-0.2, 0) is 13.1 Å². The summed E-state index contributed by atoms with van der Waals surface area (Å²) in [5, 5.41) is 5.66. The van der Waals surface area contributed by atoms with Crippen LogP contribution in [0.5, 0.6) is 0 Å². The van der Waals surface area contributed by atoms with E-state index >= 15 is 0 Å². The minimum absolute atomic E-state index is 0.114. The molecule has 0 atom stereocenters. The lowest BCUT2D eigenvalue weighted by Gasteiger charge is -2.15. The van der Waals surface area contributed by atoms with Gasteiger partial charge < -0.3 is 20.4 Å². The molecule has 1 aromatic rings. The number of benzene rings is 1. The largest absolute Gasteiger partial charge is 0.334 e. The Balaban J connectivity index is 2.60. The van der Waals surface area contributed by atoms with Gasteiger partial charge in [0.05, 0.1) is 0 Å². The fourth-order valence-electron chi connectivity index (χ4n) is 1.73. The third-order valence-electron chi connectivity index (χ3n) is 3.09. The number of urea groups is 2. The van der Waals surface area contributed by atoms with E-state index in [4.69, 9.17) is 0 Å². The molecule has 116 valence electrons. The summed E-state index contributed by atoms with van der Waals surface area (Å²) < 4.78 is 0. The van der Waals surface area contributed by atoms with Gasteiger partial charge in [-0.05, 0) is 23.6 Å². The number of rotatable bonds is 4. The summed E-state index contributed by atoms with van der Waals surface area (Å²) in [5.74, 6) is 0. The van der Waals surface area contributed by atoms with Gasteiger partial charge in [-0.25, -0.2) is 9.59 Å². The van der Waals surface area contributed by atoms with E-state index in [2.05, 4.69) is 10.6 Å². The molecule has 0 saturated heterocycles. The summed E-state index contributed by atoms with van der Waals surface area (Å²) in [6, 6.07) is 5.72. The van der Waals surface area contributed by atoms with Crippen LogP contribution in [0, 0.1) is 6.92 Å². The van der Waals surface area contributed by atoms with E-state index in [9.17, 15) is 9.59 Å². The predicted molar refractivity (Wildman–Crippen MR) is 83.0 cm³/mol. The topological polar surface area (TPSA) is 64.7 Å². The molecule has 6 heteroatoms. The third kappa shape index (κ3) is 5.33. The van der Waals surface area contributed by atoms with Crippen LogP contribution in [0.4, 0.5) is 9.59 Å². The van der Waals surface area contributed by atoms with Crippen LogP contribution < -0.4 is 10.6 Å². The molecule has 2 N–H and O–H groups in total. The maximum Gasteiger partial charge on any atom is 0.317 e. The van der Waals surface area contributed by atoms with Gasteiger partial charge in [0.15, 0.2) is 0 Å². The fraction of sp³-hybridized carbons (Fsp3) is 0.467. The number of amides is 4. The number of carbonyl (C=O) groups is 2. The number of carbonyl (C=O) groups excluding carboxylic acids is 2. The molecule has 0 heterocycles. The Morgan fingerprint density at radius 2 is 1.48 bits per heavy atom. The zero-order chi connectivity index (χ0) is 16.0. The Hall–Kier alpha value is -2.24. The normalized spacial score (nSPS) is 9.95. The lowest BCUT2D eigenvalue weighted by Crippen LogP contribution is -2.34. The van der Waals surface area contributed by atoms with Crippen LogP contribution in [0.3, 0.4) is 0 Å². The summed E-state index contributed by atoms with van der Waals surface area (Å²) >= 11 is 0. The summed E-state index contributed by atoms with van der Waals surface area (Å²) in [6.07, 6.45) is 0. The van der Waals surface area contributed by atoms with Gasteiger partial charge in [-0.1, -0.05) is 18.2 Å². The van der Waals surface area contributed by atoms with Crippen molar-refractivity contribution >= 4 is 12.1 Å². The molecule has 0 aromatic heterocycles. The Kier molecular flexibility index (Phi) is 6.02. The number of nitrogens with zero attached hydrogens (tertiary/aromatic N) is 2. The van der Waals surface area contributed by atoms with Crippen LogP contribution in [0.2, 0.25) is 0 Å².